The van der Waals surface area contributed by atoms with Gasteiger partial charge in [0.25, 0.3) is 0 Å². The molecule has 7 heteroatoms. The smallest absolute Gasteiger partial charge is 0.246 e. The van der Waals surface area contributed by atoms with Crippen LogP contribution in [0.25, 0.3) is 6.08 Å². The number of rotatable bonds is 8. The van der Waals surface area contributed by atoms with Crippen molar-refractivity contribution < 1.29 is 19.0 Å². The van der Waals surface area contributed by atoms with Gasteiger partial charge >= 0.3 is 0 Å². The minimum absolute atomic E-state index is 0.0168. The first-order valence-electron chi connectivity index (χ1n) is 10.4. The molecule has 3 rings (SSSR count). The van der Waals surface area contributed by atoms with Crippen LogP contribution in [-0.4, -0.2) is 74.9 Å². The first-order chi connectivity index (χ1) is 14.1. The highest BCUT2D eigenvalue weighted by Crippen LogP contribution is 2.36. The maximum atomic E-state index is 12.6. The Hall–Kier alpha value is -1.76. The molecular weight excluding hydrogens is 392 g/mol. The number of halogens is 1. The van der Waals surface area contributed by atoms with Gasteiger partial charge < -0.3 is 19.1 Å². The van der Waals surface area contributed by atoms with E-state index < -0.39 is 0 Å². The average molecular weight is 423 g/mol. The molecule has 1 atom stereocenters. The van der Waals surface area contributed by atoms with E-state index in [1.165, 1.54) is 0 Å². The summed E-state index contributed by atoms with van der Waals surface area (Å²) in [6.07, 6.45) is 6.94. The molecule has 2 saturated heterocycles. The standard InChI is InChI=1S/C22H31ClN2O4/c1-3-12-29-22-19(23)14-17(15-20(22)27-2)6-7-21(26)25-10-8-24(9-11-25)16-18-5-4-13-28-18/h6-7,14-15,18H,3-5,8-13,16H2,1-2H3/b7-6+. The summed E-state index contributed by atoms with van der Waals surface area (Å²) in [4.78, 5) is 16.9. The number of nitrogens with zero attached hydrogens (tertiary/aromatic N) is 2. The molecule has 0 bridgehead atoms. The first kappa shape index (κ1) is 21.9. The number of hydrogen-bond donors (Lipinski definition) is 0. The van der Waals surface area contributed by atoms with Gasteiger partial charge in [-0.1, -0.05) is 18.5 Å². The van der Waals surface area contributed by atoms with E-state index in [9.17, 15) is 4.79 Å². The molecule has 1 amide bonds. The molecule has 0 spiro atoms. The van der Waals surface area contributed by atoms with Crippen LogP contribution in [-0.2, 0) is 9.53 Å². The quantitative estimate of drug-likeness (QED) is 0.600. The summed E-state index contributed by atoms with van der Waals surface area (Å²) in [5.41, 5.74) is 0.807. The topological polar surface area (TPSA) is 51.2 Å². The summed E-state index contributed by atoms with van der Waals surface area (Å²) in [7, 11) is 1.58. The van der Waals surface area contributed by atoms with E-state index in [0.29, 0.717) is 29.2 Å². The van der Waals surface area contributed by atoms with Gasteiger partial charge in [-0.05, 0) is 43.0 Å². The van der Waals surface area contributed by atoms with Crippen molar-refractivity contribution in [1.82, 2.24) is 9.80 Å². The van der Waals surface area contributed by atoms with Crippen molar-refractivity contribution in [2.75, 3.05) is 53.0 Å². The van der Waals surface area contributed by atoms with Crippen LogP contribution in [0.2, 0.25) is 5.02 Å². The van der Waals surface area contributed by atoms with E-state index in [-0.39, 0.29) is 5.91 Å². The fourth-order valence-electron chi connectivity index (χ4n) is 3.68. The van der Waals surface area contributed by atoms with E-state index in [1.54, 1.807) is 25.3 Å². The van der Waals surface area contributed by atoms with Crippen LogP contribution in [0.5, 0.6) is 11.5 Å². The highest BCUT2D eigenvalue weighted by molar-refractivity contribution is 6.32. The highest BCUT2D eigenvalue weighted by atomic mass is 35.5. The molecule has 0 saturated carbocycles. The Labute approximate surface area is 178 Å². The molecule has 2 aliphatic rings. The second-order valence-corrected chi connectivity index (χ2v) is 7.88. The van der Waals surface area contributed by atoms with Crippen molar-refractivity contribution in [3.63, 3.8) is 0 Å². The van der Waals surface area contributed by atoms with Crippen LogP contribution < -0.4 is 9.47 Å². The molecule has 2 heterocycles. The Bertz CT molecular complexity index is 711. The van der Waals surface area contributed by atoms with Gasteiger partial charge in [-0.15, -0.1) is 0 Å². The van der Waals surface area contributed by atoms with E-state index in [0.717, 1.165) is 64.2 Å². The summed E-state index contributed by atoms with van der Waals surface area (Å²) in [6.45, 7) is 7.73. The van der Waals surface area contributed by atoms with E-state index in [4.69, 9.17) is 25.8 Å². The average Bonchev–Trinajstić information content (AvgIpc) is 3.24. The van der Waals surface area contributed by atoms with Crippen molar-refractivity contribution in [2.45, 2.75) is 32.3 Å². The van der Waals surface area contributed by atoms with Crippen LogP contribution in [0.1, 0.15) is 31.7 Å². The fraction of sp³-hybridized carbons (Fsp3) is 0.591. The van der Waals surface area contributed by atoms with Crippen LogP contribution in [0.15, 0.2) is 18.2 Å². The second kappa shape index (κ2) is 10.9. The van der Waals surface area contributed by atoms with Crippen molar-refractivity contribution in [1.29, 1.82) is 0 Å². The number of benzene rings is 1. The molecule has 2 aliphatic heterocycles. The van der Waals surface area contributed by atoms with Crippen molar-refractivity contribution in [2.24, 2.45) is 0 Å². The third-order valence-corrected chi connectivity index (χ3v) is 5.57. The zero-order valence-corrected chi connectivity index (χ0v) is 18.1. The summed E-state index contributed by atoms with van der Waals surface area (Å²) in [5, 5.41) is 0.479. The third kappa shape index (κ3) is 6.11. The molecule has 0 aromatic heterocycles. The number of ether oxygens (including phenoxy) is 3. The van der Waals surface area contributed by atoms with Gasteiger partial charge in [0.2, 0.25) is 5.91 Å². The molecule has 0 radical (unpaired) electrons. The number of carbonyl (C=O) groups is 1. The molecule has 0 aliphatic carbocycles. The van der Waals surface area contributed by atoms with Crippen molar-refractivity contribution in [3.05, 3.63) is 28.8 Å². The summed E-state index contributed by atoms with van der Waals surface area (Å²) in [5.74, 6) is 1.13. The zero-order valence-electron chi connectivity index (χ0n) is 17.4. The number of piperazine rings is 1. The third-order valence-electron chi connectivity index (χ3n) is 5.29. The van der Waals surface area contributed by atoms with Gasteiger partial charge in [0.05, 0.1) is 24.8 Å². The lowest BCUT2D eigenvalue weighted by atomic mass is 10.1. The van der Waals surface area contributed by atoms with Crippen LogP contribution in [0, 0.1) is 0 Å². The maximum absolute atomic E-state index is 12.6. The Morgan fingerprint density at radius 1 is 1.31 bits per heavy atom. The van der Waals surface area contributed by atoms with Gasteiger partial charge in [-0.3, -0.25) is 9.69 Å². The minimum atomic E-state index is 0.0168. The number of amides is 1. The van der Waals surface area contributed by atoms with E-state index in [1.807, 2.05) is 17.9 Å². The van der Waals surface area contributed by atoms with Gasteiger partial charge in [0.15, 0.2) is 11.5 Å². The van der Waals surface area contributed by atoms with E-state index in [2.05, 4.69) is 4.90 Å². The number of hydrogen-bond acceptors (Lipinski definition) is 5. The monoisotopic (exact) mass is 422 g/mol. The summed E-state index contributed by atoms with van der Waals surface area (Å²) in [6, 6.07) is 3.62. The van der Waals surface area contributed by atoms with Gasteiger partial charge in [-0.2, -0.15) is 0 Å². The lowest BCUT2D eigenvalue weighted by Gasteiger charge is -2.35. The van der Waals surface area contributed by atoms with E-state index >= 15 is 0 Å². The largest absolute Gasteiger partial charge is 0.493 e. The highest BCUT2D eigenvalue weighted by Gasteiger charge is 2.24. The zero-order chi connectivity index (χ0) is 20.6. The molecule has 1 aromatic rings. The molecular formula is C22H31ClN2O4. The SMILES string of the molecule is CCCOc1c(Cl)cc(/C=C/C(=O)N2CCN(CC3CCCO3)CC2)cc1OC. The first-order valence-corrected chi connectivity index (χ1v) is 10.8. The number of carbonyl (C=O) groups excluding carboxylic acids is 1. The molecule has 29 heavy (non-hydrogen) atoms. The minimum Gasteiger partial charge on any atom is -0.493 e. The predicted molar refractivity (Wildman–Crippen MR) is 115 cm³/mol. The normalized spacial score (nSPS) is 20.4. The lowest BCUT2D eigenvalue weighted by Crippen LogP contribution is -2.50. The van der Waals surface area contributed by atoms with Gasteiger partial charge in [-0.25, -0.2) is 0 Å². The van der Waals surface area contributed by atoms with Gasteiger partial charge in [0.1, 0.15) is 0 Å². The lowest BCUT2D eigenvalue weighted by molar-refractivity contribution is -0.127. The van der Waals surface area contributed by atoms with Crippen LogP contribution in [0.3, 0.4) is 0 Å². The summed E-state index contributed by atoms with van der Waals surface area (Å²) < 4.78 is 16.8. The molecule has 6 nitrogen and oxygen atoms in total. The molecule has 1 aromatic carbocycles. The fourth-order valence-corrected chi connectivity index (χ4v) is 3.95. The molecule has 0 N–H and O–H groups in total. The Balaban J connectivity index is 1.54. The Morgan fingerprint density at radius 2 is 2.10 bits per heavy atom. The maximum Gasteiger partial charge on any atom is 0.246 e. The van der Waals surface area contributed by atoms with Crippen LogP contribution >= 0.6 is 11.6 Å². The van der Waals surface area contributed by atoms with Crippen LogP contribution in [0.4, 0.5) is 0 Å². The Kier molecular flexibility index (Phi) is 8.21. The molecule has 2 fully saturated rings. The number of methoxy groups -OCH3 is 1. The molecule has 1 unspecified atom stereocenters. The molecule has 160 valence electrons. The van der Waals surface area contributed by atoms with Crippen molar-refractivity contribution >= 4 is 23.6 Å². The van der Waals surface area contributed by atoms with Gasteiger partial charge in [0, 0.05) is 45.4 Å². The summed E-state index contributed by atoms with van der Waals surface area (Å²) >= 11 is 6.35. The van der Waals surface area contributed by atoms with Crippen molar-refractivity contribution in [3.8, 4) is 11.5 Å². The second-order valence-electron chi connectivity index (χ2n) is 7.48. The Morgan fingerprint density at radius 3 is 2.76 bits per heavy atom. The predicted octanol–water partition coefficient (Wildman–Crippen LogP) is 3.47.